The molecule has 0 spiro atoms. The predicted molar refractivity (Wildman–Crippen MR) is 84.9 cm³/mol. The molecule has 20 heavy (non-hydrogen) atoms. The largest absolute Gasteiger partial charge is 0.394 e. The maximum atomic E-state index is 9.65. The van der Waals surface area contributed by atoms with E-state index in [0.29, 0.717) is 6.04 Å². The molecule has 2 aliphatic rings. The van der Waals surface area contributed by atoms with Gasteiger partial charge in [0.2, 0.25) is 0 Å². The van der Waals surface area contributed by atoms with Crippen molar-refractivity contribution in [1.82, 2.24) is 10.2 Å². The fraction of sp³-hybridized carbons (Fsp3) is 1.00. The zero-order valence-corrected chi connectivity index (χ0v) is 13.7. The third-order valence-corrected chi connectivity index (χ3v) is 4.71. The average Bonchev–Trinajstić information content (AvgIpc) is 3.25. The molecule has 0 radical (unpaired) electrons. The number of aliphatic hydroxyl groups is 1. The van der Waals surface area contributed by atoms with E-state index in [-0.39, 0.29) is 12.1 Å². The molecule has 0 amide bonds. The summed E-state index contributed by atoms with van der Waals surface area (Å²) in [5.74, 6) is 0.801. The third kappa shape index (κ3) is 5.71. The van der Waals surface area contributed by atoms with E-state index in [2.05, 4.69) is 31.0 Å². The summed E-state index contributed by atoms with van der Waals surface area (Å²) >= 11 is 0. The molecule has 3 heteroatoms. The van der Waals surface area contributed by atoms with Crippen LogP contribution in [-0.2, 0) is 0 Å². The zero-order chi connectivity index (χ0) is 14.6. The van der Waals surface area contributed by atoms with Crippen molar-refractivity contribution in [1.29, 1.82) is 0 Å². The van der Waals surface area contributed by atoms with E-state index < -0.39 is 0 Å². The average molecular weight is 282 g/mol. The van der Waals surface area contributed by atoms with E-state index >= 15 is 0 Å². The topological polar surface area (TPSA) is 35.5 Å². The second-order valence-electron chi connectivity index (χ2n) is 7.69. The first-order chi connectivity index (χ1) is 9.52. The second kappa shape index (κ2) is 7.24. The molecule has 0 aromatic rings. The Morgan fingerprint density at radius 3 is 2.40 bits per heavy atom. The molecule has 118 valence electrons. The quantitative estimate of drug-likeness (QED) is 0.612. The van der Waals surface area contributed by atoms with Gasteiger partial charge in [-0.2, -0.15) is 0 Å². The summed E-state index contributed by atoms with van der Waals surface area (Å²) in [5.41, 5.74) is -0.0611. The van der Waals surface area contributed by atoms with Crippen LogP contribution in [-0.4, -0.2) is 47.3 Å². The van der Waals surface area contributed by atoms with Crippen LogP contribution in [0.15, 0.2) is 0 Å². The number of aliphatic hydroxyl groups excluding tert-OH is 1. The highest BCUT2D eigenvalue weighted by Gasteiger charge is 2.33. The number of nitrogens with one attached hydrogen (secondary N) is 1. The normalized spacial score (nSPS) is 22.5. The monoisotopic (exact) mass is 282 g/mol. The van der Waals surface area contributed by atoms with Crippen molar-refractivity contribution in [3.63, 3.8) is 0 Å². The smallest absolute Gasteiger partial charge is 0.0610 e. The van der Waals surface area contributed by atoms with E-state index in [4.69, 9.17) is 0 Å². The molecule has 0 bridgehead atoms. The lowest BCUT2D eigenvalue weighted by atomic mass is 9.96. The molecule has 2 rings (SSSR count). The fourth-order valence-electron chi connectivity index (χ4n) is 2.93. The maximum Gasteiger partial charge on any atom is 0.0610 e. The van der Waals surface area contributed by atoms with Crippen molar-refractivity contribution < 1.29 is 5.11 Å². The third-order valence-electron chi connectivity index (χ3n) is 4.71. The zero-order valence-electron chi connectivity index (χ0n) is 13.7. The highest BCUT2D eigenvalue weighted by molar-refractivity contribution is 4.93. The van der Waals surface area contributed by atoms with Gasteiger partial charge in [0.05, 0.1) is 6.61 Å². The fourth-order valence-corrected chi connectivity index (χ4v) is 2.93. The molecular weight excluding hydrogens is 248 g/mol. The summed E-state index contributed by atoms with van der Waals surface area (Å²) in [6.07, 6.45) is 8.98. The van der Waals surface area contributed by atoms with Crippen LogP contribution in [0.1, 0.15) is 65.7 Å². The summed E-state index contributed by atoms with van der Waals surface area (Å²) in [6.45, 7) is 9.54. The number of hydrogen-bond donors (Lipinski definition) is 2. The van der Waals surface area contributed by atoms with E-state index in [1.807, 2.05) is 0 Å². The Morgan fingerprint density at radius 1 is 1.20 bits per heavy atom. The molecule has 0 aromatic heterocycles. The molecule has 0 saturated heterocycles. The summed E-state index contributed by atoms with van der Waals surface area (Å²) in [6, 6.07) is 1.54. The minimum Gasteiger partial charge on any atom is -0.394 e. The van der Waals surface area contributed by atoms with E-state index in [1.165, 1.54) is 51.6 Å². The maximum absolute atomic E-state index is 9.65. The van der Waals surface area contributed by atoms with Crippen LogP contribution in [0.25, 0.3) is 0 Å². The molecule has 0 aliphatic heterocycles. The van der Waals surface area contributed by atoms with Gasteiger partial charge in [-0.3, -0.25) is 0 Å². The van der Waals surface area contributed by atoms with E-state index in [1.54, 1.807) is 0 Å². The van der Waals surface area contributed by atoms with Crippen LogP contribution in [0.3, 0.4) is 0 Å². The lowest BCUT2D eigenvalue weighted by molar-refractivity contribution is 0.152. The van der Waals surface area contributed by atoms with Crippen molar-refractivity contribution in [2.24, 2.45) is 5.92 Å². The second-order valence-corrected chi connectivity index (χ2v) is 7.69. The van der Waals surface area contributed by atoms with Gasteiger partial charge in [0, 0.05) is 17.6 Å². The van der Waals surface area contributed by atoms with Gasteiger partial charge in [0.15, 0.2) is 0 Å². The van der Waals surface area contributed by atoms with E-state index in [0.717, 1.165) is 18.4 Å². The molecule has 2 fully saturated rings. The molecule has 3 nitrogen and oxygen atoms in total. The van der Waals surface area contributed by atoms with Crippen LogP contribution < -0.4 is 5.32 Å². The van der Waals surface area contributed by atoms with Crippen LogP contribution in [0, 0.1) is 5.92 Å². The highest BCUT2D eigenvalue weighted by Crippen LogP contribution is 2.29. The van der Waals surface area contributed by atoms with Gasteiger partial charge in [-0.1, -0.05) is 13.8 Å². The minimum absolute atomic E-state index is 0.0611. The number of rotatable bonds is 11. The molecule has 0 aromatic carbocycles. The SMILES string of the molecule is CC(C)CCN(CCCC(C)(CO)NC1CC1)C1CC1. The van der Waals surface area contributed by atoms with Crippen molar-refractivity contribution in [3.8, 4) is 0 Å². The first-order valence-electron chi connectivity index (χ1n) is 8.65. The number of nitrogens with zero attached hydrogens (tertiary/aromatic N) is 1. The van der Waals surface area contributed by atoms with Gasteiger partial charge in [-0.25, -0.2) is 0 Å². The van der Waals surface area contributed by atoms with Crippen LogP contribution in [0.2, 0.25) is 0 Å². The Morgan fingerprint density at radius 2 is 1.90 bits per heavy atom. The molecule has 2 N–H and O–H groups in total. The van der Waals surface area contributed by atoms with Crippen molar-refractivity contribution in [3.05, 3.63) is 0 Å². The van der Waals surface area contributed by atoms with Crippen LogP contribution >= 0.6 is 0 Å². The number of hydrogen-bond acceptors (Lipinski definition) is 3. The molecule has 2 saturated carbocycles. The van der Waals surface area contributed by atoms with Gasteiger partial charge in [-0.15, -0.1) is 0 Å². The van der Waals surface area contributed by atoms with Crippen LogP contribution in [0.5, 0.6) is 0 Å². The molecule has 2 aliphatic carbocycles. The summed E-state index contributed by atoms with van der Waals surface area (Å²) in [7, 11) is 0. The first-order valence-corrected chi connectivity index (χ1v) is 8.65. The van der Waals surface area contributed by atoms with E-state index in [9.17, 15) is 5.11 Å². The summed E-state index contributed by atoms with van der Waals surface area (Å²) < 4.78 is 0. The minimum atomic E-state index is -0.0611. The Bertz CT molecular complexity index is 287. The lowest BCUT2D eigenvalue weighted by Crippen LogP contribution is -2.47. The van der Waals surface area contributed by atoms with Gasteiger partial charge in [-0.05, 0) is 70.9 Å². The molecule has 1 unspecified atom stereocenters. The first kappa shape index (κ1) is 16.3. The Kier molecular flexibility index (Phi) is 5.88. The standard InChI is InChI=1S/C17H34N2O/c1-14(2)9-12-19(16-7-8-16)11-4-10-17(3,13-20)18-15-5-6-15/h14-16,18,20H,4-13H2,1-3H3. The summed E-state index contributed by atoms with van der Waals surface area (Å²) in [4.78, 5) is 2.69. The highest BCUT2D eigenvalue weighted by atomic mass is 16.3. The Hall–Kier alpha value is -0.120. The Balaban J connectivity index is 1.68. The van der Waals surface area contributed by atoms with Gasteiger partial charge in [0.1, 0.15) is 0 Å². The summed E-state index contributed by atoms with van der Waals surface area (Å²) in [5, 5.41) is 13.3. The molecular formula is C17H34N2O. The Labute approximate surface area is 125 Å². The van der Waals surface area contributed by atoms with Crippen molar-refractivity contribution >= 4 is 0 Å². The van der Waals surface area contributed by atoms with Crippen LogP contribution in [0.4, 0.5) is 0 Å². The van der Waals surface area contributed by atoms with Gasteiger partial charge in [0.25, 0.3) is 0 Å². The van der Waals surface area contributed by atoms with Crippen molar-refractivity contribution in [2.75, 3.05) is 19.7 Å². The van der Waals surface area contributed by atoms with Gasteiger partial charge < -0.3 is 15.3 Å². The molecule has 1 atom stereocenters. The lowest BCUT2D eigenvalue weighted by Gasteiger charge is -2.31. The predicted octanol–water partition coefficient (Wildman–Crippen LogP) is 2.78. The molecule has 0 heterocycles. The van der Waals surface area contributed by atoms with Crippen molar-refractivity contribution in [2.45, 2.75) is 83.3 Å². The van der Waals surface area contributed by atoms with Gasteiger partial charge >= 0.3 is 0 Å².